The molecule has 1 rings (SSSR count). The number of ether oxygens (including phenoxy) is 2. The number of carbonyl (C=O) groups excluding carboxylic acids is 1. The van der Waals surface area contributed by atoms with E-state index in [1.54, 1.807) is 0 Å². The van der Waals surface area contributed by atoms with Crippen LogP contribution in [0.1, 0.15) is 13.3 Å². The molecule has 4 heteroatoms. The van der Waals surface area contributed by atoms with Gasteiger partial charge in [0, 0.05) is 0 Å². The molecule has 0 amide bonds. The number of nitrogens with one attached hydrogen (secondary N) is 1. The first-order valence-electron chi connectivity index (χ1n) is 4.90. The number of hydrogen-bond acceptors (Lipinski definition) is 3. The van der Waals surface area contributed by atoms with E-state index in [4.69, 9.17) is 9.47 Å². The van der Waals surface area contributed by atoms with E-state index in [1.165, 1.54) is 4.90 Å². The summed E-state index contributed by atoms with van der Waals surface area (Å²) in [5.41, 5.74) is 0. The second-order valence-electron chi connectivity index (χ2n) is 3.17. The lowest BCUT2D eigenvalue weighted by Gasteiger charge is -2.23. The van der Waals surface area contributed by atoms with Gasteiger partial charge in [-0.1, -0.05) is 0 Å². The SMILES string of the molecule is CCOC(=O)CC[NH+]1CCOCC1. The van der Waals surface area contributed by atoms with Crippen LogP contribution in [0.3, 0.4) is 0 Å². The van der Waals surface area contributed by atoms with Gasteiger partial charge in [0.2, 0.25) is 0 Å². The van der Waals surface area contributed by atoms with E-state index in [2.05, 4.69) is 0 Å². The summed E-state index contributed by atoms with van der Waals surface area (Å²) in [4.78, 5) is 12.5. The Hall–Kier alpha value is -0.610. The third-order valence-corrected chi connectivity index (χ3v) is 2.19. The van der Waals surface area contributed by atoms with Crippen LogP contribution in [0.4, 0.5) is 0 Å². The van der Waals surface area contributed by atoms with Crippen molar-refractivity contribution in [3.63, 3.8) is 0 Å². The standard InChI is InChI=1S/C9H17NO3/c1-2-13-9(11)3-4-10-5-7-12-8-6-10/h2-8H2,1H3/p+1. The summed E-state index contributed by atoms with van der Waals surface area (Å²) in [6.07, 6.45) is 0.531. The lowest BCUT2D eigenvalue weighted by atomic mass is 10.3. The molecular formula is C9H18NO3+. The number of quaternary nitrogens is 1. The van der Waals surface area contributed by atoms with Gasteiger partial charge in [0.1, 0.15) is 13.1 Å². The van der Waals surface area contributed by atoms with Crippen molar-refractivity contribution < 1.29 is 19.2 Å². The molecule has 0 saturated carbocycles. The van der Waals surface area contributed by atoms with E-state index in [1.807, 2.05) is 6.92 Å². The molecule has 1 aliphatic rings. The molecule has 1 N–H and O–H groups in total. The van der Waals surface area contributed by atoms with Crippen molar-refractivity contribution in [2.45, 2.75) is 13.3 Å². The summed E-state index contributed by atoms with van der Waals surface area (Å²) < 4.78 is 10.1. The second kappa shape index (κ2) is 5.94. The van der Waals surface area contributed by atoms with Crippen molar-refractivity contribution in [3.05, 3.63) is 0 Å². The Balaban J connectivity index is 2.06. The van der Waals surface area contributed by atoms with Crippen LogP contribution in [-0.4, -0.2) is 45.4 Å². The fraction of sp³-hybridized carbons (Fsp3) is 0.889. The number of hydrogen-bond donors (Lipinski definition) is 1. The molecule has 4 nitrogen and oxygen atoms in total. The van der Waals surface area contributed by atoms with Crippen molar-refractivity contribution in [2.75, 3.05) is 39.5 Å². The van der Waals surface area contributed by atoms with Gasteiger partial charge in [-0.05, 0) is 6.92 Å². The normalized spacial score (nSPS) is 18.5. The molecule has 0 bridgehead atoms. The minimum atomic E-state index is -0.0820. The van der Waals surface area contributed by atoms with Crippen molar-refractivity contribution in [1.82, 2.24) is 0 Å². The highest BCUT2D eigenvalue weighted by atomic mass is 16.5. The maximum absolute atomic E-state index is 11.0. The smallest absolute Gasteiger partial charge is 0.311 e. The van der Waals surface area contributed by atoms with Crippen LogP contribution in [0.15, 0.2) is 0 Å². The highest BCUT2D eigenvalue weighted by molar-refractivity contribution is 5.69. The minimum absolute atomic E-state index is 0.0820. The second-order valence-corrected chi connectivity index (χ2v) is 3.17. The average molecular weight is 188 g/mol. The van der Waals surface area contributed by atoms with E-state index in [-0.39, 0.29) is 5.97 Å². The summed E-state index contributed by atoms with van der Waals surface area (Å²) in [5, 5.41) is 0. The predicted molar refractivity (Wildman–Crippen MR) is 47.6 cm³/mol. The molecular weight excluding hydrogens is 170 g/mol. The largest absolute Gasteiger partial charge is 0.466 e. The van der Waals surface area contributed by atoms with Crippen molar-refractivity contribution >= 4 is 5.97 Å². The fourth-order valence-corrected chi connectivity index (χ4v) is 1.42. The molecule has 0 atom stereocenters. The van der Waals surface area contributed by atoms with Crippen LogP contribution in [0.5, 0.6) is 0 Å². The first-order valence-corrected chi connectivity index (χ1v) is 4.90. The van der Waals surface area contributed by atoms with E-state index in [9.17, 15) is 4.79 Å². The van der Waals surface area contributed by atoms with Gasteiger partial charge in [-0.3, -0.25) is 4.79 Å². The van der Waals surface area contributed by atoms with Gasteiger partial charge in [-0.2, -0.15) is 0 Å². The molecule has 0 aliphatic carbocycles. The highest BCUT2D eigenvalue weighted by Crippen LogP contribution is 1.83. The number of rotatable bonds is 4. The van der Waals surface area contributed by atoms with Crippen molar-refractivity contribution in [1.29, 1.82) is 0 Å². The summed E-state index contributed by atoms with van der Waals surface area (Å²) in [5.74, 6) is -0.0820. The average Bonchev–Trinajstić information content (AvgIpc) is 2.17. The molecule has 0 radical (unpaired) electrons. The summed E-state index contributed by atoms with van der Waals surface area (Å²) in [6.45, 7) is 6.86. The first kappa shape index (κ1) is 10.5. The molecule has 1 heterocycles. The predicted octanol–water partition coefficient (Wildman–Crippen LogP) is -1.15. The fourth-order valence-electron chi connectivity index (χ4n) is 1.42. The van der Waals surface area contributed by atoms with Gasteiger partial charge in [0.15, 0.2) is 0 Å². The van der Waals surface area contributed by atoms with E-state index >= 15 is 0 Å². The summed E-state index contributed by atoms with van der Waals surface area (Å²) >= 11 is 0. The molecule has 0 spiro atoms. The molecule has 0 unspecified atom stereocenters. The van der Waals surface area contributed by atoms with Crippen LogP contribution >= 0.6 is 0 Å². The Kier molecular flexibility index (Phi) is 4.78. The number of esters is 1. The van der Waals surface area contributed by atoms with Gasteiger partial charge < -0.3 is 14.4 Å². The topological polar surface area (TPSA) is 40.0 Å². The Morgan fingerprint density at radius 3 is 2.77 bits per heavy atom. The Morgan fingerprint density at radius 1 is 1.46 bits per heavy atom. The molecule has 1 saturated heterocycles. The Morgan fingerprint density at radius 2 is 2.15 bits per heavy atom. The molecule has 1 fully saturated rings. The van der Waals surface area contributed by atoms with Crippen LogP contribution in [-0.2, 0) is 14.3 Å². The molecule has 1 aliphatic heterocycles. The maximum Gasteiger partial charge on any atom is 0.311 e. The van der Waals surface area contributed by atoms with E-state index < -0.39 is 0 Å². The lowest BCUT2D eigenvalue weighted by molar-refractivity contribution is -0.907. The molecule has 13 heavy (non-hydrogen) atoms. The summed E-state index contributed by atoms with van der Waals surface area (Å²) in [7, 11) is 0. The quantitative estimate of drug-likeness (QED) is 0.567. The maximum atomic E-state index is 11.0. The molecule has 76 valence electrons. The number of morpholine rings is 1. The van der Waals surface area contributed by atoms with E-state index in [0.717, 1.165) is 32.8 Å². The van der Waals surface area contributed by atoms with Crippen LogP contribution in [0.2, 0.25) is 0 Å². The van der Waals surface area contributed by atoms with Gasteiger partial charge in [0.25, 0.3) is 0 Å². The zero-order valence-corrected chi connectivity index (χ0v) is 8.17. The van der Waals surface area contributed by atoms with E-state index in [0.29, 0.717) is 13.0 Å². The number of carbonyl (C=O) groups is 1. The lowest BCUT2D eigenvalue weighted by Crippen LogP contribution is -3.14. The van der Waals surface area contributed by atoms with Crippen LogP contribution in [0, 0.1) is 0 Å². The van der Waals surface area contributed by atoms with Crippen LogP contribution in [0.25, 0.3) is 0 Å². The molecule has 0 aromatic rings. The van der Waals surface area contributed by atoms with Gasteiger partial charge in [-0.25, -0.2) is 0 Å². The Bertz CT molecular complexity index is 155. The zero-order valence-electron chi connectivity index (χ0n) is 8.17. The van der Waals surface area contributed by atoms with Gasteiger partial charge in [0.05, 0.1) is 32.8 Å². The molecule has 0 aromatic carbocycles. The minimum Gasteiger partial charge on any atom is -0.466 e. The van der Waals surface area contributed by atoms with Gasteiger partial charge in [-0.15, -0.1) is 0 Å². The monoisotopic (exact) mass is 188 g/mol. The Labute approximate surface area is 78.8 Å². The molecule has 0 aromatic heterocycles. The third kappa shape index (κ3) is 4.24. The summed E-state index contributed by atoms with van der Waals surface area (Å²) in [6, 6.07) is 0. The first-order chi connectivity index (χ1) is 6.33. The van der Waals surface area contributed by atoms with Crippen LogP contribution < -0.4 is 4.90 Å². The van der Waals surface area contributed by atoms with Gasteiger partial charge >= 0.3 is 5.97 Å². The van der Waals surface area contributed by atoms with Crippen molar-refractivity contribution in [2.24, 2.45) is 0 Å². The zero-order chi connectivity index (χ0) is 9.52. The third-order valence-electron chi connectivity index (χ3n) is 2.19. The van der Waals surface area contributed by atoms with Crippen molar-refractivity contribution in [3.8, 4) is 0 Å². The highest BCUT2D eigenvalue weighted by Gasteiger charge is 2.15.